The molecule has 0 atom stereocenters. The fourth-order valence-corrected chi connectivity index (χ4v) is 1.16. The summed E-state index contributed by atoms with van der Waals surface area (Å²) in [6, 6.07) is 9.97. The zero-order valence-corrected chi connectivity index (χ0v) is 8.53. The predicted molar refractivity (Wildman–Crippen MR) is 63.5 cm³/mol. The van der Waals surface area contributed by atoms with Crippen molar-refractivity contribution in [3.05, 3.63) is 60.1 Å². The van der Waals surface area contributed by atoms with Crippen molar-refractivity contribution in [3.63, 3.8) is 0 Å². The Bertz CT molecular complexity index is 366. The van der Waals surface area contributed by atoms with Crippen LogP contribution in [0.5, 0.6) is 0 Å². The lowest BCUT2D eigenvalue weighted by molar-refractivity contribution is 1.02. The molecule has 1 aromatic rings. The first kappa shape index (κ1) is 11.0. The van der Waals surface area contributed by atoms with E-state index in [-0.39, 0.29) is 0 Å². The number of benzene rings is 1. The van der Waals surface area contributed by atoms with Gasteiger partial charge >= 0.3 is 0 Å². The zero-order valence-electron chi connectivity index (χ0n) is 8.53. The van der Waals surface area contributed by atoms with Gasteiger partial charge in [0.2, 0.25) is 0 Å². The molecule has 0 saturated carbocycles. The minimum Gasteiger partial charge on any atom is -0.386 e. The summed E-state index contributed by atoms with van der Waals surface area (Å²) in [5.74, 6) is 0.377. The molecule has 0 aliphatic heterocycles. The van der Waals surface area contributed by atoms with Gasteiger partial charge in [-0.15, -0.1) is 0 Å². The van der Waals surface area contributed by atoms with Crippen LogP contribution in [-0.4, -0.2) is 6.21 Å². The maximum atomic E-state index is 7.25. The fraction of sp³-hybridized carbons (Fsp3) is 0.0833. The molecule has 4 N–H and O–H groups in total. The van der Waals surface area contributed by atoms with E-state index < -0.39 is 0 Å². The van der Waals surface area contributed by atoms with Crippen LogP contribution < -0.4 is 11.1 Å². The molecule has 0 amide bonds. The van der Waals surface area contributed by atoms with E-state index in [2.05, 4.69) is 11.9 Å². The van der Waals surface area contributed by atoms with Crippen LogP contribution in [0, 0.1) is 5.41 Å². The summed E-state index contributed by atoms with van der Waals surface area (Å²) >= 11 is 0. The van der Waals surface area contributed by atoms with Gasteiger partial charge in [-0.2, -0.15) is 0 Å². The van der Waals surface area contributed by atoms with Crippen molar-refractivity contribution in [2.24, 2.45) is 5.73 Å². The van der Waals surface area contributed by atoms with Crippen molar-refractivity contribution in [2.45, 2.75) is 6.42 Å². The van der Waals surface area contributed by atoms with Crippen LogP contribution in [0.15, 0.2) is 54.5 Å². The normalized spacial score (nSPS) is 10.8. The van der Waals surface area contributed by atoms with Gasteiger partial charge in [0.05, 0.1) is 5.82 Å². The average molecular weight is 201 g/mol. The Balaban J connectivity index is 2.65. The Morgan fingerprint density at radius 1 is 1.40 bits per heavy atom. The van der Waals surface area contributed by atoms with Gasteiger partial charge in [0.15, 0.2) is 0 Å². The van der Waals surface area contributed by atoms with Crippen LogP contribution in [0.3, 0.4) is 0 Å². The molecule has 0 saturated heterocycles. The standard InChI is InChI=1S/C12H15N3/c1-10(14)15-9-12(8-13)7-11-5-3-2-4-6-11/h2-6,8-9,13,15H,1,7,14H2/b12-9-,13-8?. The Morgan fingerprint density at radius 2 is 2.07 bits per heavy atom. The molecular weight excluding hydrogens is 186 g/mol. The van der Waals surface area contributed by atoms with E-state index in [1.54, 1.807) is 6.20 Å². The van der Waals surface area contributed by atoms with Crippen molar-refractivity contribution in [1.82, 2.24) is 5.32 Å². The molecule has 15 heavy (non-hydrogen) atoms. The van der Waals surface area contributed by atoms with Gasteiger partial charge in [-0.1, -0.05) is 36.9 Å². The monoisotopic (exact) mass is 201 g/mol. The molecule has 1 aromatic carbocycles. The highest BCUT2D eigenvalue weighted by Gasteiger charge is 1.95. The molecule has 3 nitrogen and oxygen atoms in total. The lowest BCUT2D eigenvalue weighted by Crippen LogP contribution is -2.13. The van der Waals surface area contributed by atoms with Crippen LogP contribution in [0.1, 0.15) is 5.56 Å². The van der Waals surface area contributed by atoms with E-state index in [9.17, 15) is 0 Å². The second-order valence-corrected chi connectivity index (χ2v) is 3.20. The van der Waals surface area contributed by atoms with Gasteiger partial charge in [-0.3, -0.25) is 0 Å². The molecule has 0 aliphatic carbocycles. The Kier molecular flexibility index (Phi) is 4.16. The minimum absolute atomic E-state index is 0.377. The molecule has 0 fully saturated rings. The van der Waals surface area contributed by atoms with E-state index >= 15 is 0 Å². The van der Waals surface area contributed by atoms with Crippen LogP contribution >= 0.6 is 0 Å². The van der Waals surface area contributed by atoms with Crippen LogP contribution in [0.2, 0.25) is 0 Å². The highest BCUT2D eigenvalue weighted by atomic mass is 15.0. The quantitative estimate of drug-likeness (QED) is 0.636. The summed E-state index contributed by atoms with van der Waals surface area (Å²) in [4.78, 5) is 0. The van der Waals surface area contributed by atoms with E-state index in [0.717, 1.165) is 11.1 Å². The Hall–Kier alpha value is -2.03. The third-order valence-corrected chi connectivity index (χ3v) is 1.88. The second-order valence-electron chi connectivity index (χ2n) is 3.20. The number of hydrogen-bond donors (Lipinski definition) is 3. The molecule has 1 rings (SSSR count). The summed E-state index contributed by atoms with van der Waals surface area (Å²) in [6.45, 7) is 3.52. The topological polar surface area (TPSA) is 61.9 Å². The highest BCUT2D eigenvalue weighted by Crippen LogP contribution is 2.05. The first-order valence-corrected chi connectivity index (χ1v) is 4.66. The number of rotatable bonds is 5. The van der Waals surface area contributed by atoms with Crippen molar-refractivity contribution < 1.29 is 0 Å². The van der Waals surface area contributed by atoms with Gasteiger partial charge in [-0.05, 0) is 11.1 Å². The minimum atomic E-state index is 0.377. The van der Waals surface area contributed by atoms with Crippen molar-refractivity contribution in [2.75, 3.05) is 0 Å². The van der Waals surface area contributed by atoms with Crippen molar-refractivity contribution in [1.29, 1.82) is 5.41 Å². The highest BCUT2D eigenvalue weighted by molar-refractivity contribution is 5.76. The first-order valence-electron chi connectivity index (χ1n) is 4.66. The van der Waals surface area contributed by atoms with Gasteiger partial charge in [0.1, 0.15) is 0 Å². The second kappa shape index (κ2) is 5.65. The smallest absolute Gasteiger partial charge is 0.0926 e. The number of nitrogens with one attached hydrogen (secondary N) is 2. The van der Waals surface area contributed by atoms with E-state index in [1.165, 1.54) is 6.21 Å². The first-order chi connectivity index (χ1) is 7.22. The molecule has 0 spiro atoms. The number of hydrogen-bond acceptors (Lipinski definition) is 3. The molecule has 3 heteroatoms. The van der Waals surface area contributed by atoms with E-state index in [4.69, 9.17) is 11.1 Å². The summed E-state index contributed by atoms with van der Waals surface area (Å²) in [5.41, 5.74) is 7.38. The van der Waals surface area contributed by atoms with Gasteiger partial charge in [0, 0.05) is 18.8 Å². The molecular formula is C12H15N3. The summed E-state index contributed by atoms with van der Waals surface area (Å²) in [7, 11) is 0. The lowest BCUT2D eigenvalue weighted by Gasteiger charge is -2.03. The SMILES string of the molecule is C=C(N)N/C=C(\C=N)Cc1ccccc1. The van der Waals surface area contributed by atoms with Gasteiger partial charge in [0.25, 0.3) is 0 Å². The Labute approximate surface area is 89.8 Å². The van der Waals surface area contributed by atoms with E-state index in [0.29, 0.717) is 12.2 Å². The van der Waals surface area contributed by atoms with Gasteiger partial charge < -0.3 is 16.5 Å². The number of allylic oxidation sites excluding steroid dienone is 1. The molecule has 0 unspecified atom stereocenters. The maximum Gasteiger partial charge on any atom is 0.0926 e. The molecule has 0 aliphatic rings. The maximum absolute atomic E-state index is 7.25. The Morgan fingerprint density at radius 3 is 2.60 bits per heavy atom. The largest absolute Gasteiger partial charge is 0.386 e. The molecule has 0 aromatic heterocycles. The van der Waals surface area contributed by atoms with Crippen LogP contribution in [-0.2, 0) is 6.42 Å². The summed E-state index contributed by atoms with van der Waals surface area (Å²) in [5, 5.41) is 10.0. The molecule has 0 radical (unpaired) electrons. The van der Waals surface area contributed by atoms with Gasteiger partial charge in [-0.25, -0.2) is 0 Å². The molecule has 0 bridgehead atoms. The molecule has 78 valence electrons. The van der Waals surface area contributed by atoms with Crippen molar-refractivity contribution >= 4 is 6.21 Å². The summed E-state index contributed by atoms with van der Waals surface area (Å²) in [6.07, 6.45) is 3.72. The van der Waals surface area contributed by atoms with E-state index in [1.807, 2.05) is 30.3 Å². The predicted octanol–water partition coefficient (Wildman–Crippen LogP) is 1.78. The lowest BCUT2D eigenvalue weighted by atomic mass is 10.1. The average Bonchev–Trinajstić information content (AvgIpc) is 2.25. The number of nitrogens with two attached hydrogens (primary N) is 1. The third-order valence-electron chi connectivity index (χ3n) is 1.88. The van der Waals surface area contributed by atoms with Crippen LogP contribution in [0.4, 0.5) is 0 Å². The zero-order chi connectivity index (χ0) is 11.1. The third kappa shape index (κ3) is 4.13. The fourth-order valence-electron chi connectivity index (χ4n) is 1.16. The van der Waals surface area contributed by atoms with Crippen molar-refractivity contribution in [3.8, 4) is 0 Å². The summed E-state index contributed by atoms with van der Waals surface area (Å²) < 4.78 is 0. The van der Waals surface area contributed by atoms with Crippen LogP contribution in [0.25, 0.3) is 0 Å². The molecule has 0 heterocycles.